The zero-order chi connectivity index (χ0) is 16.2. The number of aliphatic hydroxyl groups is 1. The molecule has 124 valence electrons. The summed E-state index contributed by atoms with van der Waals surface area (Å²) in [6.45, 7) is 4.08. The summed E-state index contributed by atoms with van der Waals surface area (Å²) in [5, 5.41) is 16.7. The molecule has 1 aromatic heterocycles. The predicted molar refractivity (Wildman–Crippen MR) is 86.3 cm³/mol. The van der Waals surface area contributed by atoms with E-state index in [-0.39, 0.29) is 11.8 Å². The lowest BCUT2D eigenvalue weighted by Crippen LogP contribution is -2.66. The van der Waals surface area contributed by atoms with Crippen molar-refractivity contribution in [2.24, 2.45) is 0 Å². The van der Waals surface area contributed by atoms with E-state index >= 15 is 0 Å². The van der Waals surface area contributed by atoms with Gasteiger partial charge in [0.1, 0.15) is 11.7 Å². The molecule has 4 rings (SSSR count). The average Bonchev–Trinajstić information content (AvgIpc) is 3.20. The van der Waals surface area contributed by atoms with Crippen LogP contribution in [-0.2, 0) is 4.79 Å². The summed E-state index contributed by atoms with van der Waals surface area (Å²) in [5.41, 5.74) is 0.342. The van der Waals surface area contributed by atoms with Gasteiger partial charge < -0.3 is 15.7 Å². The molecule has 2 heterocycles. The van der Waals surface area contributed by atoms with Crippen LogP contribution in [0.25, 0.3) is 0 Å². The summed E-state index contributed by atoms with van der Waals surface area (Å²) in [6.07, 6.45) is 6.84. The third kappa shape index (κ3) is 2.40. The van der Waals surface area contributed by atoms with Crippen LogP contribution < -0.4 is 10.6 Å². The van der Waals surface area contributed by atoms with Gasteiger partial charge in [0.25, 0.3) is 0 Å². The van der Waals surface area contributed by atoms with Gasteiger partial charge in [-0.1, -0.05) is 0 Å². The Morgan fingerprint density at radius 2 is 2.17 bits per heavy atom. The highest BCUT2D eigenvalue weighted by molar-refractivity contribution is 5.87. The second-order valence-corrected chi connectivity index (χ2v) is 7.72. The van der Waals surface area contributed by atoms with Crippen molar-refractivity contribution < 1.29 is 9.90 Å². The van der Waals surface area contributed by atoms with Gasteiger partial charge in [0.2, 0.25) is 5.91 Å². The van der Waals surface area contributed by atoms with E-state index in [9.17, 15) is 9.90 Å². The van der Waals surface area contributed by atoms with Crippen molar-refractivity contribution in [3.8, 4) is 0 Å². The summed E-state index contributed by atoms with van der Waals surface area (Å²) in [5.74, 6) is 0.864. The topological polar surface area (TPSA) is 87.1 Å². The molecule has 0 spiro atoms. The average molecular weight is 316 g/mol. The summed E-state index contributed by atoms with van der Waals surface area (Å²) >= 11 is 0. The molecule has 0 saturated heterocycles. The fourth-order valence-electron chi connectivity index (χ4n) is 3.63. The van der Waals surface area contributed by atoms with Crippen LogP contribution in [0.2, 0.25) is 0 Å². The molecule has 3 N–H and O–H groups in total. The lowest BCUT2D eigenvalue weighted by atomic mass is 9.66. The highest BCUT2D eigenvalue weighted by Crippen LogP contribution is 2.43. The Hall–Kier alpha value is -1.69. The Morgan fingerprint density at radius 3 is 2.74 bits per heavy atom. The first-order chi connectivity index (χ1) is 10.9. The van der Waals surface area contributed by atoms with Crippen molar-refractivity contribution in [3.05, 3.63) is 17.6 Å². The molecule has 1 unspecified atom stereocenters. The van der Waals surface area contributed by atoms with Crippen LogP contribution in [0.15, 0.2) is 6.20 Å². The third-order valence-electron chi connectivity index (χ3n) is 5.67. The number of nitrogens with one attached hydrogen (secondary N) is 2. The highest BCUT2D eigenvalue weighted by atomic mass is 16.3. The highest BCUT2D eigenvalue weighted by Gasteiger charge is 2.50. The normalized spacial score (nSPS) is 25.3. The minimum atomic E-state index is -0.919. The maximum absolute atomic E-state index is 12.8. The van der Waals surface area contributed by atoms with E-state index in [1.165, 1.54) is 12.8 Å². The lowest BCUT2D eigenvalue weighted by molar-refractivity contribution is -0.133. The Balaban J connectivity index is 1.56. The number of hydrogen-bond donors (Lipinski definition) is 3. The van der Waals surface area contributed by atoms with E-state index in [0.717, 1.165) is 36.5 Å². The zero-order valence-corrected chi connectivity index (χ0v) is 13.7. The first-order valence-corrected chi connectivity index (χ1v) is 8.55. The number of aromatic nitrogens is 2. The third-order valence-corrected chi connectivity index (χ3v) is 5.67. The molecule has 0 bridgehead atoms. The Morgan fingerprint density at radius 1 is 1.43 bits per heavy atom. The number of fused-ring (bicyclic) bond motifs is 1. The summed E-state index contributed by atoms with van der Waals surface area (Å²) < 4.78 is 0. The minimum Gasteiger partial charge on any atom is -0.388 e. The van der Waals surface area contributed by atoms with Crippen molar-refractivity contribution in [1.82, 2.24) is 15.3 Å². The van der Waals surface area contributed by atoms with Crippen LogP contribution in [0.4, 0.5) is 5.82 Å². The van der Waals surface area contributed by atoms with Gasteiger partial charge in [-0.3, -0.25) is 9.78 Å². The fourth-order valence-corrected chi connectivity index (χ4v) is 3.63. The lowest BCUT2D eigenvalue weighted by Gasteiger charge is -2.51. The van der Waals surface area contributed by atoms with E-state index in [4.69, 9.17) is 4.98 Å². The maximum atomic E-state index is 12.8. The van der Waals surface area contributed by atoms with E-state index in [1.54, 1.807) is 13.8 Å². The van der Waals surface area contributed by atoms with Gasteiger partial charge >= 0.3 is 0 Å². The molecule has 3 aliphatic rings. The largest absolute Gasteiger partial charge is 0.388 e. The van der Waals surface area contributed by atoms with Gasteiger partial charge in [-0.2, -0.15) is 0 Å². The Bertz CT molecular complexity index is 644. The molecule has 6 nitrogen and oxygen atoms in total. The van der Waals surface area contributed by atoms with Crippen molar-refractivity contribution >= 4 is 11.7 Å². The van der Waals surface area contributed by atoms with E-state index in [0.29, 0.717) is 12.5 Å². The van der Waals surface area contributed by atoms with Crippen molar-refractivity contribution in [1.29, 1.82) is 0 Å². The first kappa shape index (κ1) is 14.9. The summed E-state index contributed by atoms with van der Waals surface area (Å²) in [6, 6.07) is 0. The summed E-state index contributed by atoms with van der Waals surface area (Å²) in [7, 11) is 0. The standard InChI is InChI=1S/C17H24N4O2/c1-16(2,23)17(6-3-7-17)21-15(22)11-8-18-14-13(11)20-12(9-19-14)10-4-5-10/h9-11,23H,3-8H2,1-2H3,(H,18,19)(H,21,22). The number of amides is 1. The molecule has 2 saturated carbocycles. The molecule has 6 heteroatoms. The van der Waals surface area contributed by atoms with Gasteiger partial charge in [-0.25, -0.2) is 4.98 Å². The number of nitrogens with zero attached hydrogens (tertiary/aromatic N) is 2. The Labute approximate surface area is 136 Å². The predicted octanol–water partition coefficient (Wildman–Crippen LogP) is 1.67. The Kier molecular flexibility index (Phi) is 3.17. The SMILES string of the molecule is CC(C)(O)C1(NC(=O)C2CNc3ncc(C4CC4)nc32)CCC1. The molecule has 1 atom stereocenters. The number of hydrogen-bond acceptors (Lipinski definition) is 5. The first-order valence-electron chi connectivity index (χ1n) is 8.55. The van der Waals surface area contributed by atoms with Crippen molar-refractivity contribution in [2.75, 3.05) is 11.9 Å². The van der Waals surface area contributed by atoms with Crippen LogP contribution in [0.1, 0.15) is 69.2 Å². The number of rotatable bonds is 4. The van der Waals surface area contributed by atoms with Crippen LogP contribution in [0.3, 0.4) is 0 Å². The van der Waals surface area contributed by atoms with Crippen molar-refractivity contribution in [2.45, 2.75) is 68.9 Å². The molecule has 2 aliphatic carbocycles. The second-order valence-electron chi connectivity index (χ2n) is 7.72. The monoisotopic (exact) mass is 316 g/mol. The van der Waals surface area contributed by atoms with Gasteiger partial charge in [0.15, 0.2) is 0 Å². The van der Waals surface area contributed by atoms with Gasteiger partial charge in [0.05, 0.1) is 28.7 Å². The van der Waals surface area contributed by atoms with Crippen LogP contribution in [-0.4, -0.2) is 38.7 Å². The molecule has 2 fully saturated rings. The van der Waals surface area contributed by atoms with Gasteiger partial charge in [-0.15, -0.1) is 0 Å². The quantitative estimate of drug-likeness (QED) is 0.786. The van der Waals surface area contributed by atoms with Gasteiger partial charge in [-0.05, 0) is 46.0 Å². The second kappa shape index (κ2) is 4.90. The van der Waals surface area contributed by atoms with E-state index in [1.807, 2.05) is 6.20 Å². The van der Waals surface area contributed by atoms with E-state index < -0.39 is 11.1 Å². The summed E-state index contributed by atoms with van der Waals surface area (Å²) in [4.78, 5) is 22.0. The molecule has 1 aliphatic heterocycles. The molecule has 0 aromatic carbocycles. The van der Waals surface area contributed by atoms with Crippen LogP contribution in [0, 0.1) is 0 Å². The van der Waals surface area contributed by atoms with Crippen molar-refractivity contribution in [3.63, 3.8) is 0 Å². The van der Waals surface area contributed by atoms with E-state index in [2.05, 4.69) is 15.6 Å². The zero-order valence-electron chi connectivity index (χ0n) is 13.7. The molecular formula is C17H24N4O2. The number of carbonyl (C=O) groups is 1. The molecule has 1 aromatic rings. The molecule has 1 amide bonds. The van der Waals surface area contributed by atoms with Gasteiger partial charge in [0, 0.05) is 12.5 Å². The number of carbonyl (C=O) groups excluding carboxylic acids is 1. The molecular weight excluding hydrogens is 292 g/mol. The fraction of sp³-hybridized carbons (Fsp3) is 0.706. The molecule has 0 radical (unpaired) electrons. The maximum Gasteiger partial charge on any atom is 0.231 e. The number of anilines is 1. The smallest absolute Gasteiger partial charge is 0.231 e. The van der Waals surface area contributed by atoms with Crippen LogP contribution in [0.5, 0.6) is 0 Å². The minimum absolute atomic E-state index is 0.0553. The van der Waals surface area contributed by atoms with Crippen LogP contribution >= 0.6 is 0 Å². The molecule has 23 heavy (non-hydrogen) atoms.